The third-order valence-electron chi connectivity index (χ3n) is 2.38. The summed E-state index contributed by atoms with van der Waals surface area (Å²) in [5, 5.41) is 0. The summed E-state index contributed by atoms with van der Waals surface area (Å²) in [6, 6.07) is 0. The third kappa shape index (κ3) is 0.184. The minimum absolute atomic E-state index is 1.11. The lowest BCUT2D eigenvalue weighted by Crippen LogP contribution is -2.10. The Hall–Kier alpha value is 0. The first-order valence-corrected chi connectivity index (χ1v) is 2.88. The van der Waals surface area contributed by atoms with Crippen LogP contribution in [0, 0.1) is 17.8 Å². The highest BCUT2D eigenvalue weighted by atomic mass is 14.6. The van der Waals surface area contributed by atoms with Gasteiger partial charge in [0.25, 0.3) is 0 Å². The summed E-state index contributed by atoms with van der Waals surface area (Å²) in [6.45, 7) is 2.37. The molecule has 0 radical (unpaired) electrons. The lowest BCUT2D eigenvalue weighted by molar-refractivity contribution is 0.317. The van der Waals surface area contributed by atoms with Crippen LogP contribution in [-0.4, -0.2) is 0 Å². The summed E-state index contributed by atoms with van der Waals surface area (Å²) in [5.41, 5.74) is 0. The maximum Gasteiger partial charge on any atom is -0.0357 e. The normalized spacial score (nSPS) is 62.5. The van der Waals surface area contributed by atoms with Gasteiger partial charge in [-0.25, -0.2) is 0 Å². The van der Waals surface area contributed by atoms with Crippen molar-refractivity contribution in [2.75, 3.05) is 0 Å². The van der Waals surface area contributed by atoms with Gasteiger partial charge in [-0.1, -0.05) is 6.92 Å². The molecule has 2 saturated carbocycles. The Morgan fingerprint density at radius 1 is 1.33 bits per heavy atom. The Bertz CT molecular complexity index is 76.1. The van der Waals surface area contributed by atoms with Crippen molar-refractivity contribution in [3.05, 3.63) is 0 Å². The van der Waals surface area contributed by atoms with Crippen LogP contribution in [0.15, 0.2) is 0 Å². The summed E-state index contributed by atoms with van der Waals surface area (Å²) < 4.78 is 0. The molecule has 2 aliphatic rings. The fourth-order valence-corrected chi connectivity index (χ4v) is 1.70. The molecule has 0 aromatic heterocycles. The lowest BCUT2D eigenvalue weighted by Gasteiger charge is -2.18. The first-order valence-electron chi connectivity index (χ1n) is 2.88. The van der Waals surface area contributed by atoms with Crippen LogP contribution < -0.4 is 0 Å². The van der Waals surface area contributed by atoms with Gasteiger partial charge in [-0.2, -0.15) is 0 Å². The molecule has 0 saturated heterocycles. The van der Waals surface area contributed by atoms with Gasteiger partial charge in [0.15, 0.2) is 0 Å². The quantitative estimate of drug-likeness (QED) is 0.417. The Morgan fingerprint density at radius 3 is 2.17 bits per heavy atom. The van der Waals surface area contributed by atoms with Crippen molar-refractivity contribution in [2.45, 2.75) is 19.8 Å². The Labute approximate surface area is 38.6 Å². The van der Waals surface area contributed by atoms with E-state index in [9.17, 15) is 0 Å². The minimum atomic E-state index is 1.11. The number of hydrogen-bond acceptors (Lipinski definition) is 0. The van der Waals surface area contributed by atoms with Gasteiger partial charge in [-0.15, -0.1) is 0 Å². The molecule has 0 N–H and O–H groups in total. The Morgan fingerprint density at radius 2 is 2.17 bits per heavy atom. The van der Waals surface area contributed by atoms with E-state index >= 15 is 0 Å². The molecule has 3 unspecified atom stereocenters. The van der Waals surface area contributed by atoms with Gasteiger partial charge >= 0.3 is 0 Å². The van der Waals surface area contributed by atoms with Crippen molar-refractivity contribution < 1.29 is 0 Å². The number of fused-ring (bicyclic) bond motifs is 1. The van der Waals surface area contributed by atoms with E-state index in [0.717, 1.165) is 5.92 Å². The van der Waals surface area contributed by atoms with E-state index in [1.807, 2.05) is 0 Å². The lowest BCUT2D eigenvalue weighted by atomic mass is 9.88. The fourth-order valence-electron chi connectivity index (χ4n) is 1.70. The molecule has 0 nitrogen and oxygen atoms in total. The summed E-state index contributed by atoms with van der Waals surface area (Å²) in [4.78, 5) is 0. The zero-order valence-electron chi connectivity index (χ0n) is 4.15. The highest BCUT2D eigenvalue weighted by molar-refractivity contribution is 5.00. The molecule has 0 amide bonds. The average Bonchev–Trinajstić information content (AvgIpc) is 2.12. The standard InChI is InChI=1S/C6H10/c1-4-2-5-3-6(4)5/h4-6H,2-3H2,1H3. The molecular formula is C6H10. The SMILES string of the molecule is CC1CC2CC12. The molecule has 0 heterocycles. The molecule has 2 rings (SSSR count). The molecule has 0 aromatic rings. The highest BCUT2D eigenvalue weighted by Crippen LogP contribution is 2.59. The first kappa shape index (κ1) is 3.06. The molecule has 0 heteroatoms. The monoisotopic (exact) mass is 82.1 g/mol. The van der Waals surface area contributed by atoms with E-state index in [-0.39, 0.29) is 0 Å². The van der Waals surface area contributed by atoms with Gasteiger partial charge in [0.1, 0.15) is 0 Å². The molecule has 2 aliphatic carbocycles. The second-order valence-corrected chi connectivity index (χ2v) is 2.87. The van der Waals surface area contributed by atoms with E-state index in [2.05, 4.69) is 6.92 Å². The second kappa shape index (κ2) is 0.661. The van der Waals surface area contributed by atoms with Crippen LogP contribution in [0.3, 0.4) is 0 Å². The van der Waals surface area contributed by atoms with Gasteiger partial charge in [-0.05, 0) is 30.6 Å². The summed E-state index contributed by atoms with van der Waals surface area (Å²) >= 11 is 0. The van der Waals surface area contributed by atoms with Crippen LogP contribution >= 0.6 is 0 Å². The van der Waals surface area contributed by atoms with Gasteiger partial charge in [-0.3, -0.25) is 0 Å². The minimum Gasteiger partial charge on any atom is -0.0622 e. The predicted octanol–water partition coefficient (Wildman–Crippen LogP) is 1.66. The molecule has 0 aliphatic heterocycles. The van der Waals surface area contributed by atoms with Gasteiger partial charge in [0.05, 0.1) is 0 Å². The zero-order chi connectivity index (χ0) is 4.15. The molecule has 0 bridgehead atoms. The smallest absolute Gasteiger partial charge is 0.0357 e. The molecule has 6 heavy (non-hydrogen) atoms. The van der Waals surface area contributed by atoms with Crippen LogP contribution in [0.25, 0.3) is 0 Å². The molecule has 3 atom stereocenters. The van der Waals surface area contributed by atoms with E-state index in [1.165, 1.54) is 11.8 Å². The van der Waals surface area contributed by atoms with Crippen LogP contribution in [0.5, 0.6) is 0 Å². The zero-order valence-corrected chi connectivity index (χ0v) is 4.15. The van der Waals surface area contributed by atoms with E-state index < -0.39 is 0 Å². The number of rotatable bonds is 0. The first-order chi connectivity index (χ1) is 2.88. The molecule has 2 fully saturated rings. The van der Waals surface area contributed by atoms with Crippen LogP contribution in [0.1, 0.15) is 19.8 Å². The van der Waals surface area contributed by atoms with E-state index in [4.69, 9.17) is 0 Å². The highest BCUT2D eigenvalue weighted by Gasteiger charge is 2.50. The number of hydrogen-bond donors (Lipinski definition) is 0. The summed E-state index contributed by atoms with van der Waals surface area (Å²) in [6.07, 6.45) is 3.12. The summed E-state index contributed by atoms with van der Waals surface area (Å²) in [5.74, 6) is 3.51. The Kier molecular flexibility index (Phi) is 0.337. The van der Waals surface area contributed by atoms with Crippen molar-refractivity contribution >= 4 is 0 Å². The third-order valence-corrected chi connectivity index (χ3v) is 2.38. The van der Waals surface area contributed by atoms with E-state index in [0.29, 0.717) is 0 Å². The van der Waals surface area contributed by atoms with Crippen molar-refractivity contribution in [1.29, 1.82) is 0 Å². The van der Waals surface area contributed by atoms with Crippen LogP contribution in [-0.2, 0) is 0 Å². The largest absolute Gasteiger partial charge is 0.0622 e. The van der Waals surface area contributed by atoms with Gasteiger partial charge in [0, 0.05) is 0 Å². The van der Waals surface area contributed by atoms with Crippen molar-refractivity contribution in [1.82, 2.24) is 0 Å². The summed E-state index contributed by atoms with van der Waals surface area (Å²) in [7, 11) is 0. The maximum atomic E-state index is 2.37. The topological polar surface area (TPSA) is 0 Å². The molecule has 0 aromatic carbocycles. The predicted molar refractivity (Wildman–Crippen MR) is 25.4 cm³/mol. The van der Waals surface area contributed by atoms with E-state index in [1.54, 1.807) is 12.8 Å². The average molecular weight is 82.1 g/mol. The van der Waals surface area contributed by atoms with Crippen LogP contribution in [0.2, 0.25) is 0 Å². The van der Waals surface area contributed by atoms with Crippen molar-refractivity contribution in [2.24, 2.45) is 17.8 Å². The Balaban J connectivity index is 2.08. The fraction of sp³-hybridized carbons (Fsp3) is 1.00. The van der Waals surface area contributed by atoms with Crippen molar-refractivity contribution in [3.8, 4) is 0 Å². The van der Waals surface area contributed by atoms with Gasteiger partial charge in [0.2, 0.25) is 0 Å². The molecule has 34 valence electrons. The second-order valence-electron chi connectivity index (χ2n) is 2.87. The molecule has 0 spiro atoms. The van der Waals surface area contributed by atoms with Gasteiger partial charge < -0.3 is 0 Å². The molecular weight excluding hydrogens is 72.1 g/mol. The maximum absolute atomic E-state index is 2.37. The van der Waals surface area contributed by atoms with Crippen LogP contribution in [0.4, 0.5) is 0 Å². The van der Waals surface area contributed by atoms with Crippen molar-refractivity contribution in [3.63, 3.8) is 0 Å².